The van der Waals surface area contributed by atoms with Crippen LogP contribution in [0.25, 0.3) is 11.2 Å². The number of nitrogens with one attached hydrogen (secondary N) is 1. The Labute approximate surface area is 169 Å². The summed E-state index contributed by atoms with van der Waals surface area (Å²) in [6.45, 7) is -0.394. The quantitative estimate of drug-likeness (QED) is 0.529. The molecule has 0 aliphatic heterocycles. The van der Waals surface area contributed by atoms with Crippen molar-refractivity contribution in [1.82, 2.24) is 18.7 Å². The van der Waals surface area contributed by atoms with E-state index in [1.54, 1.807) is 25.2 Å². The topological polar surface area (TPSA) is 114 Å². The molecule has 1 unspecified atom stereocenters. The lowest BCUT2D eigenvalue weighted by Crippen LogP contribution is -2.39. The van der Waals surface area contributed by atoms with Crippen LogP contribution >= 0.6 is 23.2 Å². The highest BCUT2D eigenvalue weighted by molar-refractivity contribution is 6.35. The summed E-state index contributed by atoms with van der Waals surface area (Å²) in [5.41, 5.74) is -0.0558. The molecule has 0 aliphatic carbocycles. The number of fused-ring (bicyclic) bond motifs is 1. The average Bonchev–Trinajstić information content (AvgIpc) is 2.99. The van der Waals surface area contributed by atoms with Gasteiger partial charge in [-0.1, -0.05) is 29.3 Å². The van der Waals surface area contributed by atoms with Crippen LogP contribution in [0.5, 0.6) is 0 Å². The number of aromatic nitrogens is 4. The molecule has 0 radical (unpaired) electrons. The fraction of sp³-hybridized carbons (Fsp3) is 0.353. The number of benzene rings is 1. The second-order valence-corrected chi connectivity index (χ2v) is 7.20. The molecule has 0 saturated carbocycles. The van der Waals surface area contributed by atoms with Crippen LogP contribution in [0.1, 0.15) is 5.56 Å². The molecule has 3 rings (SSSR count). The predicted molar refractivity (Wildman–Crippen MR) is 107 cm³/mol. The van der Waals surface area contributed by atoms with Gasteiger partial charge in [-0.25, -0.2) is 4.79 Å². The minimum Gasteiger partial charge on any atom is -0.394 e. The van der Waals surface area contributed by atoms with E-state index in [-0.39, 0.29) is 30.2 Å². The summed E-state index contributed by atoms with van der Waals surface area (Å²) in [5, 5.41) is 22.1. The maximum atomic E-state index is 13.0. The molecule has 0 bridgehead atoms. The smallest absolute Gasteiger partial charge is 0.332 e. The second kappa shape index (κ2) is 7.96. The number of aliphatic hydroxyl groups is 2. The summed E-state index contributed by atoms with van der Waals surface area (Å²) in [6.07, 6.45) is -0.979. The first kappa shape index (κ1) is 20.4. The second-order valence-electron chi connectivity index (χ2n) is 6.35. The van der Waals surface area contributed by atoms with Gasteiger partial charge in [-0.05, 0) is 17.7 Å². The standard InChI is InChI=1S/C17H19Cl2N5O4/c1-22-13-14(21-16(22)20-6-11(26)8-25)23(2)17(28)24(15(13)27)7-9-3-4-10(18)5-12(9)19/h3-5,11,25-26H,6-8H2,1-2H3,(H,20,21). The van der Waals surface area contributed by atoms with Crippen LogP contribution in [0.15, 0.2) is 27.8 Å². The fourth-order valence-electron chi connectivity index (χ4n) is 2.83. The molecule has 1 atom stereocenters. The Balaban J connectivity index is 2.11. The number of aliphatic hydroxyl groups excluding tert-OH is 2. The van der Waals surface area contributed by atoms with Gasteiger partial charge in [-0.3, -0.25) is 13.9 Å². The number of aryl methyl sites for hydroxylation is 2. The third-order valence-corrected chi connectivity index (χ3v) is 5.00. The number of hydrogen-bond acceptors (Lipinski definition) is 6. The van der Waals surface area contributed by atoms with E-state index >= 15 is 0 Å². The molecule has 3 N–H and O–H groups in total. The van der Waals surface area contributed by atoms with Crippen molar-refractivity contribution < 1.29 is 10.2 Å². The van der Waals surface area contributed by atoms with Gasteiger partial charge >= 0.3 is 5.69 Å². The molecule has 150 valence electrons. The molecule has 0 fully saturated rings. The van der Waals surface area contributed by atoms with E-state index in [1.807, 2.05) is 0 Å². The van der Waals surface area contributed by atoms with Crippen LogP contribution in [0, 0.1) is 0 Å². The highest BCUT2D eigenvalue weighted by Gasteiger charge is 2.19. The van der Waals surface area contributed by atoms with Gasteiger partial charge < -0.3 is 20.1 Å². The van der Waals surface area contributed by atoms with E-state index < -0.39 is 24.0 Å². The van der Waals surface area contributed by atoms with Crippen molar-refractivity contribution in [2.45, 2.75) is 12.6 Å². The summed E-state index contributed by atoms with van der Waals surface area (Å²) in [6, 6.07) is 4.84. The van der Waals surface area contributed by atoms with Crippen molar-refractivity contribution >= 4 is 40.3 Å². The molecule has 0 saturated heterocycles. The number of anilines is 1. The van der Waals surface area contributed by atoms with Crippen LogP contribution in [0.2, 0.25) is 10.0 Å². The normalized spacial score (nSPS) is 12.5. The molecule has 2 aromatic heterocycles. The summed E-state index contributed by atoms with van der Waals surface area (Å²) in [4.78, 5) is 30.0. The lowest BCUT2D eigenvalue weighted by Gasteiger charge is -2.10. The zero-order valence-corrected chi connectivity index (χ0v) is 16.7. The Hall–Kier alpha value is -2.33. The van der Waals surface area contributed by atoms with Crippen molar-refractivity contribution in [3.63, 3.8) is 0 Å². The first-order valence-corrected chi connectivity index (χ1v) is 9.13. The van der Waals surface area contributed by atoms with Crippen molar-refractivity contribution in [2.24, 2.45) is 14.1 Å². The largest absolute Gasteiger partial charge is 0.394 e. The minimum absolute atomic E-state index is 0.0192. The highest BCUT2D eigenvalue weighted by atomic mass is 35.5. The van der Waals surface area contributed by atoms with Gasteiger partial charge in [0.05, 0.1) is 19.3 Å². The van der Waals surface area contributed by atoms with Crippen LogP contribution in [-0.2, 0) is 20.6 Å². The van der Waals surface area contributed by atoms with Crippen molar-refractivity contribution in [2.75, 3.05) is 18.5 Å². The Kier molecular flexibility index (Phi) is 5.80. The molecule has 28 heavy (non-hydrogen) atoms. The third kappa shape index (κ3) is 3.66. The van der Waals surface area contributed by atoms with Crippen LogP contribution in [-0.4, -0.2) is 48.2 Å². The van der Waals surface area contributed by atoms with Gasteiger partial charge in [-0.15, -0.1) is 0 Å². The molecule has 0 amide bonds. The van der Waals surface area contributed by atoms with Crippen LogP contribution in [0.3, 0.4) is 0 Å². The van der Waals surface area contributed by atoms with Gasteiger partial charge in [0.2, 0.25) is 5.95 Å². The van der Waals surface area contributed by atoms with E-state index in [1.165, 1.54) is 16.2 Å². The third-order valence-electron chi connectivity index (χ3n) is 4.41. The molecule has 0 spiro atoms. The zero-order valence-electron chi connectivity index (χ0n) is 15.2. The summed E-state index contributed by atoms with van der Waals surface area (Å²) >= 11 is 12.1. The molecule has 2 heterocycles. The minimum atomic E-state index is -0.979. The maximum absolute atomic E-state index is 13.0. The van der Waals surface area contributed by atoms with E-state index in [0.29, 0.717) is 15.6 Å². The van der Waals surface area contributed by atoms with Gasteiger partial charge in [0.1, 0.15) is 0 Å². The monoisotopic (exact) mass is 427 g/mol. The van der Waals surface area contributed by atoms with Crippen LogP contribution in [0.4, 0.5) is 5.95 Å². The Morgan fingerprint density at radius 3 is 2.57 bits per heavy atom. The summed E-state index contributed by atoms with van der Waals surface area (Å²) < 4.78 is 3.85. The van der Waals surface area contributed by atoms with E-state index in [9.17, 15) is 14.7 Å². The fourth-order valence-corrected chi connectivity index (χ4v) is 3.30. The summed E-state index contributed by atoms with van der Waals surface area (Å²) in [5.74, 6) is 0.289. The Morgan fingerprint density at radius 2 is 1.93 bits per heavy atom. The van der Waals surface area contributed by atoms with E-state index in [4.69, 9.17) is 28.3 Å². The SMILES string of the molecule is Cn1c(NCC(O)CO)nc2c1c(=O)n(Cc1ccc(Cl)cc1Cl)c(=O)n2C. The Bertz CT molecular complexity index is 1150. The van der Waals surface area contributed by atoms with E-state index in [0.717, 1.165) is 4.57 Å². The molecule has 11 heteroatoms. The van der Waals surface area contributed by atoms with Crippen LogP contribution < -0.4 is 16.6 Å². The number of imidazole rings is 1. The average molecular weight is 428 g/mol. The molecule has 3 aromatic rings. The molecule has 0 aliphatic rings. The van der Waals surface area contributed by atoms with Gasteiger partial charge in [0.25, 0.3) is 5.56 Å². The van der Waals surface area contributed by atoms with E-state index in [2.05, 4.69) is 10.3 Å². The number of halogens is 2. The number of hydrogen-bond donors (Lipinski definition) is 3. The predicted octanol–water partition coefficient (Wildman–Crippen LogP) is 0.554. The number of rotatable bonds is 6. The van der Waals surface area contributed by atoms with Gasteiger partial charge in [0, 0.05) is 30.7 Å². The molecule has 9 nitrogen and oxygen atoms in total. The van der Waals surface area contributed by atoms with Crippen molar-refractivity contribution in [3.8, 4) is 0 Å². The lowest BCUT2D eigenvalue weighted by atomic mass is 10.2. The molecule has 1 aromatic carbocycles. The maximum Gasteiger partial charge on any atom is 0.332 e. The molecular weight excluding hydrogens is 409 g/mol. The number of nitrogens with zero attached hydrogens (tertiary/aromatic N) is 4. The van der Waals surface area contributed by atoms with Crippen molar-refractivity contribution in [3.05, 3.63) is 54.6 Å². The van der Waals surface area contributed by atoms with Gasteiger partial charge in [0.15, 0.2) is 11.2 Å². The van der Waals surface area contributed by atoms with Gasteiger partial charge in [-0.2, -0.15) is 4.98 Å². The van der Waals surface area contributed by atoms with Crippen molar-refractivity contribution in [1.29, 1.82) is 0 Å². The first-order chi connectivity index (χ1) is 13.2. The molecular formula is C17H19Cl2N5O4. The highest BCUT2D eigenvalue weighted by Crippen LogP contribution is 2.21. The summed E-state index contributed by atoms with van der Waals surface area (Å²) in [7, 11) is 3.14. The Morgan fingerprint density at radius 1 is 1.21 bits per heavy atom. The lowest BCUT2D eigenvalue weighted by molar-refractivity contribution is 0.105. The first-order valence-electron chi connectivity index (χ1n) is 8.37. The zero-order chi connectivity index (χ0) is 20.6.